The van der Waals surface area contributed by atoms with Crippen LogP contribution in [0.15, 0.2) is 48.8 Å². The van der Waals surface area contributed by atoms with Gasteiger partial charge < -0.3 is 15.5 Å². The second-order valence-electron chi connectivity index (χ2n) is 7.00. The van der Waals surface area contributed by atoms with E-state index in [4.69, 9.17) is 6.42 Å². The molecular formula is C21H19N5O3. The van der Waals surface area contributed by atoms with E-state index in [1.54, 1.807) is 41.3 Å². The number of terminal acetylenes is 1. The number of carbonyl (C=O) groups excluding carboxylic acids is 3. The molecule has 0 atom stereocenters. The third kappa shape index (κ3) is 3.38. The number of imide groups is 1. The van der Waals surface area contributed by atoms with E-state index in [2.05, 4.69) is 21.5 Å². The van der Waals surface area contributed by atoms with Crippen LogP contribution < -0.4 is 15.5 Å². The Hall–Kier alpha value is -3.86. The maximum Gasteiger partial charge on any atom is 0.329 e. The molecule has 1 spiro atoms. The van der Waals surface area contributed by atoms with Crippen molar-refractivity contribution < 1.29 is 14.4 Å². The average molecular weight is 389 g/mol. The van der Waals surface area contributed by atoms with Crippen LogP contribution in [0.5, 0.6) is 0 Å². The fourth-order valence-electron chi connectivity index (χ4n) is 3.67. The molecular weight excluding hydrogens is 370 g/mol. The third-order valence-corrected chi connectivity index (χ3v) is 5.27. The Labute approximate surface area is 167 Å². The van der Waals surface area contributed by atoms with Crippen molar-refractivity contribution in [1.29, 1.82) is 0 Å². The number of benzene rings is 1. The molecule has 2 aliphatic heterocycles. The zero-order chi connectivity index (χ0) is 20.4. The number of piperidine rings is 1. The molecule has 8 nitrogen and oxygen atoms in total. The Balaban J connectivity index is 1.42. The van der Waals surface area contributed by atoms with Crippen LogP contribution in [0, 0.1) is 12.3 Å². The molecule has 2 N–H and O–H groups in total. The zero-order valence-corrected chi connectivity index (χ0v) is 15.6. The Bertz CT molecular complexity index is 1010. The molecule has 146 valence electrons. The first-order valence-corrected chi connectivity index (χ1v) is 9.22. The number of rotatable bonds is 2. The number of hydrogen-bond donors (Lipinski definition) is 2. The van der Waals surface area contributed by atoms with Gasteiger partial charge in [0.15, 0.2) is 0 Å². The van der Waals surface area contributed by atoms with E-state index in [1.807, 2.05) is 0 Å². The van der Waals surface area contributed by atoms with Gasteiger partial charge in [-0.25, -0.2) is 14.5 Å². The summed E-state index contributed by atoms with van der Waals surface area (Å²) in [7, 11) is 0. The lowest BCUT2D eigenvalue weighted by atomic mass is 9.87. The second-order valence-corrected chi connectivity index (χ2v) is 7.00. The Kier molecular flexibility index (Phi) is 4.64. The van der Waals surface area contributed by atoms with E-state index in [0.29, 0.717) is 42.9 Å². The molecule has 2 saturated heterocycles. The molecule has 0 saturated carbocycles. The lowest BCUT2D eigenvalue weighted by Crippen LogP contribution is -2.56. The van der Waals surface area contributed by atoms with Crippen molar-refractivity contribution in [2.24, 2.45) is 0 Å². The van der Waals surface area contributed by atoms with Crippen LogP contribution in [0.25, 0.3) is 0 Å². The molecule has 8 heteroatoms. The van der Waals surface area contributed by atoms with Crippen LogP contribution in [0.4, 0.5) is 21.0 Å². The van der Waals surface area contributed by atoms with Crippen molar-refractivity contribution in [1.82, 2.24) is 15.2 Å². The van der Waals surface area contributed by atoms with Gasteiger partial charge in [-0.3, -0.25) is 9.78 Å². The van der Waals surface area contributed by atoms with E-state index in [1.165, 1.54) is 12.4 Å². The number of aromatic nitrogens is 1. The lowest BCUT2D eigenvalue weighted by Gasteiger charge is -2.37. The van der Waals surface area contributed by atoms with Crippen molar-refractivity contribution in [2.75, 3.05) is 23.3 Å². The number of nitrogens with zero attached hydrogens (tertiary/aromatic N) is 3. The molecule has 1 aromatic carbocycles. The molecule has 0 unspecified atom stereocenters. The SMILES string of the molecule is C#Cc1cccc(NC(=O)N2CCC3(CC2)NC(=O)N(c2ccncc2)C3=O)c1. The first-order chi connectivity index (χ1) is 14.0. The molecule has 5 amide bonds. The Morgan fingerprint density at radius 1 is 1.17 bits per heavy atom. The van der Waals surface area contributed by atoms with Crippen LogP contribution in [0.3, 0.4) is 0 Å². The van der Waals surface area contributed by atoms with E-state index < -0.39 is 11.6 Å². The van der Waals surface area contributed by atoms with Crippen LogP contribution >= 0.6 is 0 Å². The number of amides is 5. The quantitative estimate of drug-likeness (QED) is 0.608. The molecule has 2 aromatic rings. The molecule has 0 bridgehead atoms. The van der Waals surface area contributed by atoms with Gasteiger partial charge in [0.25, 0.3) is 5.91 Å². The van der Waals surface area contributed by atoms with Gasteiger partial charge in [-0.05, 0) is 43.2 Å². The van der Waals surface area contributed by atoms with Gasteiger partial charge in [0.2, 0.25) is 0 Å². The molecule has 2 aliphatic rings. The summed E-state index contributed by atoms with van der Waals surface area (Å²) in [5.74, 6) is 2.23. The third-order valence-electron chi connectivity index (χ3n) is 5.27. The number of hydrogen-bond acceptors (Lipinski definition) is 4. The minimum absolute atomic E-state index is 0.267. The van der Waals surface area contributed by atoms with E-state index >= 15 is 0 Å². The predicted molar refractivity (Wildman–Crippen MR) is 107 cm³/mol. The summed E-state index contributed by atoms with van der Waals surface area (Å²) in [5.41, 5.74) is 0.782. The van der Waals surface area contributed by atoms with Crippen molar-refractivity contribution in [2.45, 2.75) is 18.4 Å². The van der Waals surface area contributed by atoms with Gasteiger partial charge in [0.1, 0.15) is 5.54 Å². The van der Waals surface area contributed by atoms with Crippen LogP contribution in [-0.2, 0) is 4.79 Å². The first-order valence-electron chi connectivity index (χ1n) is 9.22. The summed E-state index contributed by atoms with van der Waals surface area (Å²) in [6.45, 7) is 0.688. The number of pyridine rings is 1. The molecule has 0 radical (unpaired) electrons. The van der Waals surface area contributed by atoms with Crippen molar-refractivity contribution in [3.63, 3.8) is 0 Å². The van der Waals surface area contributed by atoms with Crippen molar-refractivity contribution in [3.8, 4) is 12.3 Å². The predicted octanol–water partition coefficient (Wildman–Crippen LogP) is 2.19. The molecule has 1 aromatic heterocycles. The maximum absolute atomic E-state index is 13.0. The van der Waals surface area contributed by atoms with Gasteiger partial charge in [0.05, 0.1) is 5.69 Å². The summed E-state index contributed by atoms with van der Waals surface area (Å²) in [4.78, 5) is 44.7. The minimum atomic E-state index is -0.986. The van der Waals surface area contributed by atoms with Crippen LogP contribution in [-0.4, -0.2) is 46.5 Å². The van der Waals surface area contributed by atoms with Gasteiger partial charge in [0, 0.05) is 36.7 Å². The fourth-order valence-corrected chi connectivity index (χ4v) is 3.67. The van der Waals surface area contributed by atoms with Crippen molar-refractivity contribution in [3.05, 3.63) is 54.4 Å². The van der Waals surface area contributed by atoms with Gasteiger partial charge in [-0.1, -0.05) is 12.0 Å². The smallest absolute Gasteiger partial charge is 0.324 e. The highest BCUT2D eigenvalue weighted by atomic mass is 16.2. The minimum Gasteiger partial charge on any atom is -0.324 e. The standard InChI is InChI=1S/C21H19N5O3/c1-2-15-4-3-5-16(14-15)23-19(28)25-12-8-21(9-13-25)18(27)26(20(29)24-21)17-6-10-22-11-7-17/h1,3-7,10-11,14H,8-9,12-13H2,(H,23,28)(H,24,29). The summed E-state index contributed by atoms with van der Waals surface area (Å²) in [5, 5.41) is 5.65. The number of carbonyl (C=O) groups is 3. The molecule has 0 aliphatic carbocycles. The highest BCUT2D eigenvalue weighted by molar-refractivity contribution is 6.23. The van der Waals surface area contributed by atoms with Gasteiger partial charge >= 0.3 is 12.1 Å². The molecule has 29 heavy (non-hydrogen) atoms. The number of urea groups is 2. The van der Waals surface area contributed by atoms with E-state index in [-0.39, 0.29) is 11.9 Å². The molecule has 3 heterocycles. The average Bonchev–Trinajstić information content (AvgIpc) is 2.98. The summed E-state index contributed by atoms with van der Waals surface area (Å²) in [6.07, 6.45) is 9.14. The zero-order valence-electron chi connectivity index (χ0n) is 15.6. The van der Waals surface area contributed by atoms with Gasteiger partial charge in [-0.2, -0.15) is 0 Å². The van der Waals surface area contributed by atoms with E-state index in [0.717, 1.165) is 4.90 Å². The molecule has 4 rings (SSSR count). The Morgan fingerprint density at radius 3 is 2.59 bits per heavy atom. The summed E-state index contributed by atoms with van der Waals surface area (Å²) in [6, 6.07) is 9.54. The fraction of sp³-hybridized carbons (Fsp3) is 0.238. The monoisotopic (exact) mass is 389 g/mol. The highest BCUT2D eigenvalue weighted by Crippen LogP contribution is 2.32. The van der Waals surface area contributed by atoms with E-state index in [9.17, 15) is 14.4 Å². The lowest BCUT2D eigenvalue weighted by molar-refractivity contribution is -0.123. The Morgan fingerprint density at radius 2 is 1.90 bits per heavy atom. The largest absolute Gasteiger partial charge is 0.329 e. The van der Waals surface area contributed by atoms with Crippen molar-refractivity contribution >= 4 is 29.3 Å². The maximum atomic E-state index is 13.0. The molecule has 2 fully saturated rings. The highest BCUT2D eigenvalue weighted by Gasteiger charge is 2.53. The second kappa shape index (κ2) is 7.28. The number of likely N-dealkylation sites (tertiary alicyclic amines) is 1. The van der Waals surface area contributed by atoms with Crippen LogP contribution in [0.2, 0.25) is 0 Å². The first kappa shape index (κ1) is 18.5. The van der Waals surface area contributed by atoms with Crippen LogP contribution in [0.1, 0.15) is 18.4 Å². The van der Waals surface area contributed by atoms with Gasteiger partial charge in [-0.15, -0.1) is 6.42 Å². The normalized spacial score (nSPS) is 17.8. The summed E-state index contributed by atoms with van der Waals surface area (Å²) < 4.78 is 0. The topological polar surface area (TPSA) is 94.6 Å². The summed E-state index contributed by atoms with van der Waals surface area (Å²) >= 11 is 0. The number of anilines is 2. The number of nitrogens with one attached hydrogen (secondary N) is 2.